The number of likely N-dealkylation sites (tertiary alicyclic amines) is 1. The van der Waals surface area contributed by atoms with E-state index in [4.69, 9.17) is 4.43 Å². The minimum atomic E-state index is -1.83. The summed E-state index contributed by atoms with van der Waals surface area (Å²) in [7, 11) is 0.430. The predicted molar refractivity (Wildman–Crippen MR) is 113 cm³/mol. The van der Waals surface area contributed by atoms with Crippen LogP contribution < -0.4 is 0 Å². The van der Waals surface area contributed by atoms with E-state index in [2.05, 4.69) is 52.7 Å². The Morgan fingerprint density at radius 2 is 1.93 bits per heavy atom. The first kappa shape index (κ1) is 20.1. The van der Waals surface area contributed by atoms with Crippen molar-refractivity contribution in [3.05, 3.63) is 0 Å². The zero-order valence-corrected chi connectivity index (χ0v) is 19.7. The molecule has 4 aliphatic rings. The Balaban J connectivity index is 1.70. The monoisotopic (exact) mass is 391 g/mol. The molecule has 1 spiro atoms. The normalized spacial score (nSPS) is 45.5. The molecule has 3 aliphatic carbocycles. The van der Waals surface area contributed by atoms with E-state index in [1.54, 1.807) is 0 Å². The van der Waals surface area contributed by atoms with Crippen LogP contribution >= 0.6 is 0 Å². The van der Waals surface area contributed by atoms with Gasteiger partial charge in [0.05, 0.1) is 0 Å². The van der Waals surface area contributed by atoms with Crippen LogP contribution in [0, 0.1) is 35.0 Å². The molecule has 154 valence electrons. The lowest BCUT2D eigenvalue weighted by molar-refractivity contribution is -0.138. The standard InChI is InChI=1S/C23H41NO2Si/c1-15-10-17-12-19(26-27(6,7)22(2,3)4)21-18-8-9-24(5)14-16(18)13-23(17,21)20(25)11-15/h15-19,21H,8-14H2,1-7H3/t15-,16-,17+,18+,19+,21+,23-/m1/s1. The average Bonchev–Trinajstić information content (AvgIpc) is 2.99. The highest BCUT2D eigenvalue weighted by Gasteiger charge is 2.68. The summed E-state index contributed by atoms with van der Waals surface area (Å²) < 4.78 is 7.10. The molecule has 0 amide bonds. The fraction of sp³-hybridized carbons (Fsp3) is 0.957. The minimum absolute atomic E-state index is 0.0416. The molecule has 0 aromatic heterocycles. The molecule has 4 heteroatoms. The number of Topliss-reactive ketones (excluding diaryl/α,β-unsaturated/α-hetero) is 1. The fourth-order valence-corrected chi connectivity index (χ4v) is 8.50. The zero-order chi connectivity index (χ0) is 19.8. The van der Waals surface area contributed by atoms with Crippen molar-refractivity contribution in [1.82, 2.24) is 4.90 Å². The summed E-state index contributed by atoms with van der Waals surface area (Å²) in [6.07, 6.45) is 5.94. The van der Waals surface area contributed by atoms with Crippen molar-refractivity contribution in [2.75, 3.05) is 20.1 Å². The number of nitrogens with zero attached hydrogens (tertiary/aromatic N) is 1. The van der Waals surface area contributed by atoms with Gasteiger partial charge in [0.25, 0.3) is 0 Å². The molecule has 1 heterocycles. The molecule has 0 aromatic carbocycles. The Bertz CT molecular complexity index is 612. The van der Waals surface area contributed by atoms with E-state index in [-0.39, 0.29) is 10.5 Å². The van der Waals surface area contributed by atoms with Gasteiger partial charge in [0.1, 0.15) is 5.78 Å². The Morgan fingerprint density at radius 1 is 1.22 bits per heavy atom. The number of carbonyl (C=O) groups is 1. The van der Waals surface area contributed by atoms with E-state index in [9.17, 15) is 4.79 Å². The third kappa shape index (κ3) is 3.00. The number of carbonyl (C=O) groups excluding carboxylic acids is 1. The van der Waals surface area contributed by atoms with Crippen molar-refractivity contribution in [3.8, 4) is 0 Å². The van der Waals surface area contributed by atoms with Gasteiger partial charge in [0.15, 0.2) is 8.32 Å². The first-order valence-corrected chi connectivity index (χ1v) is 14.3. The van der Waals surface area contributed by atoms with Crippen LogP contribution in [0.5, 0.6) is 0 Å². The second-order valence-corrected chi connectivity index (χ2v) is 16.8. The third-order valence-electron chi connectivity index (χ3n) is 9.29. The Morgan fingerprint density at radius 3 is 2.59 bits per heavy atom. The summed E-state index contributed by atoms with van der Waals surface area (Å²) in [4.78, 5) is 16.1. The summed E-state index contributed by atoms with van der Waals surface area (Å²) in [6, 6.07) is 0. The molecule has 7 atom stereocenters. The van der Waals surface area contributed by atoms with Gasteiger partial charge in [-0.1, -0.05) is 27.7 Å². The lowest BCUT2D eigenvalue weighted by Gasteiger charge is -2.44. The lowest BCUT2D eigenvalue weighted by Crippen LogP contribution is -2.48. The third-order valence-corrected chi connectivity index (χ3v) is 13.8. The summed E-state index contributed by atoms with van der Waals surface area (Å²) >= 11 is 0. The summed E-state index contributed by atoms with van der Waals surface area (Å²) in [5.74, 6) is 3.65. The van der Waals surface area contributed by atoms with Crippen molar-refractivity contribution in [3.63, 3.8) is 0 Å². The van der Waals surface area contributed by atoms with Gasteiger partial charge in [-0.05, 0) is 87.0 Å². The smallest absolute Gasteiger partial charge is 0.192 e. The second-order valence-electron chi connectivity index (χ2n) is 12.1. The van der Waals surface area contributed by atoms with Gasteiger partial charge in [-0.15, -0.1) is 0 Å². The van der Waals surface area contributed by atoms with Crippen LogP contribution in [0.25, 0.3) is 0 Å². The van der Waals surface area contributed by atoms with Crippen molar-refractivity contribution in [2.24, 2.45) is 35.0 Å². The quantitative estimate of drug-likeness (QED) is 0.622. The van der Waals surface area contributed by atoms with E-state index < -0.39 is 8.32 Å². The van der Waals surface area contributed by atoms with E-state index in [0.29, 0.717) is 41.5 Å². The molecule has 4 fully saturated rings. The van der Waals surface area contributed by atoms with Crippen LogP contribution in [-0.2, 0) is 9.22 Å². The van der Waals surface area contributed by atoms with Gasteiger partial charge in [0.2, 0.25) is 0 Å². The van der Waals surface area contributed by atoms with Crippen LogP contribution in [0.2, 0.25) is 18.1 Å². The van der Waals surface area contributed by atoms with E-state index in [0.717, 1.165) is 19.3 Å². The highest BCUT2D eigenvalue weighted by molar-refractivity contribution is 6.74. The molecule has 0 aromatic rings. The van der Waals surface area contributed by atoms with Gasteiger partial charge in [-0.2, -0.15) is 0 Å². The summed E-state index contributed by atoms with van der Waals surface area (Å²) in [5, 5.41) is 0.232. The molecule has 0 unspecified atom stereocenters. The van der Waals surface area contributed by atoms with Crippen LogP contribution in [0.1, 0.15) is 59.8 Å². The van der Waals surface area contributed by atoms with Gasteiger partial charge < -0.3 is 9.33 Å². The molecule has 1 saturated heterocycles. The zero-order valence-electron chi connectivity index (χ0n) is 18.7. The second kappa shape index (κ2) is 6.40. The predicted octanol–water partition coefficient (Wildman–Crippen LogP) is 4.97. The van der Waals surface area contributed by atoms with Crippen molar-refractivity contribution >= 4 is 14.1 Å². The van der Waals surface area contributed by atoms with Gasteiger partial charge in [-0.25, -0.2) is 0 Å². The average molecular weight is 392 g/mol. The molecule has 4 rings (SSSR count). The van der Waals surface area contributed by atoms with Crippen LogP contribution in [0.15, 0.2) is 0 Å². The molecule has 1 aliphatic heterocycles. The summed E-state index contributed by atoms with van der Waals surface area (Å²) in [6.45, 7) is 16.5. The van der Waals surface area contributed by atoms with Crippen LogP contribution in [0.3, 0.4) is 0 Å². The van der Waals surface area contributed by atoms with Crippen molar-refractivity contribution in [2.45, 2.75) is 84.0 Å². The molecule has 0 N–H and O–H groups in total. The van der Waals surface area contributed by atoms with E-state index in [1.807, 2.05) is 0 Å². The number of rotatable bonds is 2. The molecule has 3 saturated carbocycles. The largest absolute Gasteiger partial charge is 0.414 e. The van der Waals surface area contributed by atoms with Crippen molar-refractivity contribution < 1.29 is 9.22 Å². The molecule has 3 nitrogen and oxygen atoms in total. The molecule has 0 radical (unpaired) electrons. The van der Waals surface area contributed by atoms with Gasteiger partial charge in [-0.3, -0.25) is 4.79 Å². The number of hydrogen-bond donors (Lipinski definition) is 0. The number of ketones is 1. The molecular formula is C23H41NO2Si. The Kier molecular flexibility index (Phi) is 4.76. The van der Waals surface area contributed by atoms with Crippen molar-refractivity contribution in [1.29, 1.82) is 0 Å². The number of hydrogen-bond acceptors (Lipinski definition) is 3. The minimum Gasteiger partial charge on any atom is -0.414 e. The summed E-state index contributed by atoms with van der Waals surface area (Å²) in [5.41, 5.74) is -0.0416. The van der Waals surface area contributed by atoms with E-state index in [1.165, 1.54) is 25.9 Å². The molecule has 0 bridgehead atoms. The highest BCUT2D eigenvalue weighted by Crippen LogP contribution is 2.68. The fourth-order valence-electron chi connectivity index (χ4n) is 7.14. The highest BCUT2D eigenvalue weighted by atomic mass is 28.4. The first-order valence-electron chi connectivity index (χ1n) is 11.4. The molecule has 27 heavy (non-hydrogen) atoms. The van der Waals surface area contributed by atoms with Gasteiger partial charge >= 0.3 is 0 Å². The maximum atomic E-state index is 13.6. The SMILES string of the molecule is C[C@H]1CC(=O)[C@]23C[C@@H]4CN(C)CC[C@@H]4[C@H]2[C@@H](O[Si](C)(C)C(C)(C)C)C[C@@H]3C1. The van der Waals surface area contributed by atoms with Crippen LogP contribution in [-0.4, -0.2) is 45.2 Å². The number of piperidine rings is 1. The van der Waals surface area contributed by atoms with E-state index >= 15 is 0 Å². The Labute approximate surface area is 167 Å². The van der Waals surface area contributed by atoms with Gasteiger partial charge in [0, 0.05) is 24.5 Å². The first-order chi connectivity index (χ1) is 12.5. The lowest BCUT2D eigenvalue weighted by atomic mass is 9.61. The number of fused-ring (bicyclic) bond motifs is 2. The maximum absolute atomic E-state index is 13.6. The Hall–Kier alpha value is -0.193. The topological polar surface area (TPSA) is 29.5 Å². The van der Waals surface area contributed by atoms with Crippen LogP contribution in [0.4, 0.5) is 0 Å². The maximum Gasteiger partial charge on any atom is 0.192 e. The molecular weight excluding hydrogens is 350 g/mol.